The Morgan fingerprint density at radius 3 is 2.26 bits per heavy atom. The first-order valence-corrected chi connectivity index (χ1v) is 8.87. The fraction of sp³-hybridized carbons (Fsp3) is 0.182. The molecule has 4 aromatic rings. The molecule has 0 atom stereocenters. The molecular formula is C22H20S. The van der Waals surface area contributed by atoms with Crippen LogP contribution in [0.3, 0.4) is 0 Å². The van der Waals surface area contributed by atoms with Crippen LogP contribution in [0.1, 0.15) is 26.3 Å². The normalized spacial score (nSPS) is 12.1. The van der Waals surface area contributed by atoms with E-state index in [0.717, 1.165) is 0 Å². The Labute approximate surface area is 141 Å². The van der Waals surface area contributed by atoms with E-state index in [1.807, 2.05) is 11.3 Å². The van der Waals surface area contributed by atoms with Crippen molar-refractivity contribution in [3.8, 4) is 11.1 Å². The van der Waals surface area contributed by atoms with E-state index in [0.29, 0.717) is 0 Å². The van der Waals surface area contributed by atoms with Gasteiger partial charge in [0.25, 0.3) is 0 Å². The molecular weight excluding hydrogens is 296 g/mol. The predicted octanol–water partition coefficient (Wildman–Crippen LogP) is 7.02. The molecule has 0 aliphatic heterocycles. The second-order valence-corrected chi connectivity index (χ2v) is 8.19. The van der Waals surface area contributed by atoms with E-state index in [-0.39, 0.29) is 5.41 Å². The van der Waals surface area contributed by atoms with Gasteiger partial charge in [0, 0.05) is 20.2 Å². The van der Waals surface area contributed by atoms with Gasteiger partial charge in [0.05, 0.1) is 0 Å². The van der Waals surface area contributed by atoms with Crippen molar-refractivity contribution >= 4 is 31.5 Å². The molecule has 114 valence electrons. The minimum absolute atomic E-state index is 0.171. The predicted molar refractivity (Wildman–Crippen MR) is 103 cm³/mol. The number of thiophene rings is 1. The average Bonchev–Trinajstić information content (AvgIpc) is 2.92. The van der Waals surface area contributed by atoms with Crippen molar-refractivity contribution in [3.05, 3.63) is 72.3 Å². The van der Waals surface area contributed by atoms with Crippen LogP contribution in [0.15, 0.2) is 66.7 Å². The molecule has 1 heterocycles. The summed E-state index contributed by atoms with van der Waals surface area (Å²) in [6.07, 6.45) is 0. The molecule has 0 aliphatic carbocycles. The lowest BCUT2D eigenvalue weighted by molar-refractivity contribution is 0.591. The number of benzene rings is 3. The van der Waals surface area contributed by atoms with Gasteiger partial charge in [-0.05, 0) is 40.3 Å². The standard InChI is InChI=1S/C22H20S/c1-22(2,3)16-12-13-19-18(14-16)21-17(10-7-11-20(21)23-19)15-8-5-4-6-9-15/h4-14H,1-3H3. The summed E-state index contributed by atoms with van der Waals surface area (Å²) in [4.78, 5) is 0. The third-order valence-electron chi connectivity index (χ3n) is 4.45. The van der Waals surface area contributed by atoms with Crippen LogP contribution in [0.25, 0.3) is 31.3 Å². The van der Waals surface area contributed by atoms with Crippen LogP contribution in [0.4, 0.5) is 0 Å². The first-order chi connectivity index (χ1) is 11.0. The summed E-state index contributed by atoms with van der Waals surface area (Å²) in [5.41, 5.74) is 4.19. The molecule has 23 heavy (non-hydrogen) atoms. The highest BCUT2D eigenvalue weighted by molar-refractivity contribution is 7.25. The fourth-order valence-corrected chi connectivity index (χ4v) is 4.26. The zero-order valence-electron chi connectivity index (χ0n) is 13.8. The number of hydrogen-bond acceptors (Lipinski definition) is 1. The minimum Gasteiger partial charge on any atom is -0.135 e. The summed E-state index contributed by atoms with van der Waals surface area (Å²) in [6.45, 7) is 6.84. The number of hydrogen-bond donors (Lipinski definition) is 0. The topological polar surface area (TPSA) is 0 Å². The summed E-state index contributed by atoms with van der Waals surface area (Å²) in [6, 6.07) is 24.3. The zero-order valence-corrected chi connectivity index (χ0v) is 14.6. The van der Waals surface area contributed by atoms with E-state index in [9.17, 15) is 0 Å². The molecule has 0 radical (unpaired) electrons. The highest BCUT2D eigenvalue weighted by Crippen LogP contribution is 2.41. The van der Waals surface area contributed by atoms with Gasteiger partial charge in [-0.1, -0.05) is 69.3 Å². The molecule has 0 saturated heterocycles. The lowest BCUT2D eigenvalue weighted by Crippen LogP contribution is -2.10. The first-order valence-electron chi connectivity index (χ1n) is 8.05. The van der Waals surface area contributed by atoms with Crippen molar-refractivity contribution in [1.82, 2.24) is 0 Å². The van der Waals surface area contributed by atoms with Gasteiger partial charge in [0.15, 0.2) is 0 Å². The summed E-state index contributed by atoms with van der Waals surface area (Å²) < 4.78 is 2.74. The van der Waals surface area contributed by atoms with Crippen LogP contribution in [0, 0.1) is 0 Å². The molecule has 0 amide bonds. The van der Waals surface area contributed by atoms with E-state index in [1.165, 1.54) is 36.9 Å². The quantitative estimate of drug-likeness (QED) is 0.354. The number of fused-ring (bicyclic) bond motifs is 3. The maximum Gasteiger partial charge on any atom is 0.0361 e. The Hall–Kier alpha value is -2.12. The molecule has 4 rings (SSSR count). The molecule has 0 N–H and O–H groups in total. The van der Waals surface area contributed by atoms with Crippen molar-refractivity contribution in [3.63, 3.8) is 0 Å². The van der Waals surface area contributed by atoms with E-state index >= 15 is 0 Å². The van der Waals surface area contributed by atoms with Crippen LogP contribution in [-0.2, 0) is 5.41 Å². The van der Waals surface area contributed by atoms with Crippen LogP contribution < -0.4 is 0 Å². The average molecular weight is 316 g/mol. The molecule has 0 saturated carbocycles. The number of rotatable bonds is 1. The fourth-order valence-electron chi connectivity index (χ4n) is 3.15. The van der Waals surface area contributed by atoms with Crippen molar-refractivity contribution < 1.29 is 0 Å². The lowest BCUT2D eigenvalue weighted by Gasteiger charge is -2.19. The summed E-state index contributed by atoms with van der Waals surface area (Å²) in [7, 11) is 0. The van der Waals surface area contributed by atoms with Crippen molar-refractivity contribution in [2.24, 2.45) is 0 Å². The van der Waals surface area contributed by atoms with Gasteiger partial charge in [0.2, 0.25) is 0 Å². The third kappa shape index (κ3) is 2.46. The van der Waals surface area contributed by atoms with E-state index in [4.69, 9.17) is 0 Å². The van der Waals surface area contributed by atoms with Crippen molar-refractivity contribution in [1.29, 1.82) is 0 Å². The van der Waals surface area contributed by atoms with Crippen LogP contribution in [0.2, 0.25) is 0 Å². The SMILES string of the molecule is CC(C)(C)c1ccc2sc3cccc(-c4ccccc4)c3c2c1. The van der Waals surface area contributed by atoms with Gasteiger partial charge >= 0.3 is 0 Å². The molecule has 1 heteroatoms. The zero-order chi connectivity index (χ0) is 16.0. The molecule has 0 fully saturated rings. The van der Waals surface area contributed by atoms with Gasteiger partial charge in [-0.2, -0.15) is 0 Å². The van der Waals surface area contributed by atoms with E-state index in [2.05, 4.69) is 87.5 Å². The van der Waals surface area contributed by atoms with Crippen molar-refractivity contribution in [2.45, 2.75) is 26.2 Å². The Balaban J connectivity index is 2.09. The highest BCUT2D eigenvalue weighted by Gasteiger charge is 2.16. The highest BCUT2D eigenvalue weighted by atomic mass is 32.1. The summed E-state index contributed by atoms with van der Waals surface area (Å²) in [5.74, 6) is 0. The van der Waals surface area contributed by atoms with Crippen LogP contribution in [0.5, 0.6) is 0 Å². The smallest absolute Gasteiger partial charge is 0.0361 e. The van der Waals surface area contributed by atoms with Gasteiger partial charge in [0.1, 0.15) is 0 Å². The van der Waals surface area contributed by atoms with Crippen molar-refractivity contribution in [2.75, 3.05) is 0 Å². The summed E-state index contributed by atoms with van der Waals surface area (Å²) >= 11 is 1.89. The Bertz CT molecular complexity index is 985. The van der Waals surface area contributed by atoms with E-state index < -0.39 is 0 Å². The largest absolute Gasteiger partial charge is 0.135 e. The Morgan fingerprint density at radius 1 is 0.739 bits per heavy atom. The maximum atomic E-state index is 2.39. The first kappa shape index (κ1) is 14.5. The lowest BCUT2D eigenvalue weighted by atomic mass is 9.86. The molecule has 0 bridgehead atoms. The van der Waals surface area contributed by atoms with Crippen LogP contribution in [-0.4, -0.2) is 0 Å². The molecule has 0 nitrogen and oxygen atoms in total. The second-order valence-electron chi connectivity index (χ2n) is 7.11. The molecule has 0 aliphatic rings. The second kappa shape index (κ2) is 5.21. The van der Waals surface area contributed by atoms with Gasteiger partial charge < -0.3 is 0 Å². The minimum atomic E-state index is 0.171. The summed E-state index contributed by atoms with van der Waals surface area (Å²) in [5, 5.41) is 2.78. The van der Waals surface area contributed by atoms with E-state index in [1.54, 1.807) is 0 Å². The van der Waals surface area contributed by atoms with Crippen LogP contribution >= 0.6 is 11.3 Å². The maximum absolute atomic E-state index is 2.39. The third-order valence-corrected chi connectivity index (χ3v) is 5.58. The Morgan fingerprint density at radius 2 is 1.52 bits per heavy atom. The molecule has 3 aromatic carbocycles. The monoisotopic (exact) mass is 316 g/mol. The van der Waals surface area contributed by atoms with Gasteiger partial charge in [-0.15, -0.1) is 11.3 Å². The van der Waals surface area contributed by atoms with Gasteiger partial charge in [-0.25, -0.2) is 0 Å². The molecule has 0 spiro atoms. The molecule has 1 aromatic heterocycles. The Kier molecular flexibility index (Phi) is 3.28. The molecule has 0 unspecified atom stereocenters. The van der Waals surface area contributed by atoms with Gasteiger partial charge in [-0.3, -0.25) is 0 Å².